The topological polar surface area (TPSA) is 0 Å². The molecule has 34 heavy (non-hydrogen) atoms. The normalized spacial score (nSPS) is 25.3. The summed E-state index contributed by atoms with van der Waals surface area (Å²) in [6.45, 7) is 3.86. The second-order valence-electron chi connectivity index (χ2n) is 10.2. The minimum Gasteiger partial charge on any atom is -0.166 e. The SMILES string of the molecule is C=CCCC1CCC(C2CCC(c3ccc(C#Cc4ccc(C(F)(F)F)cc4)cc3)CC2)CC1. The van der Waals surface area contributed by atoms with Gasteiger partial charge in [-0.05, 0) is 117 Å². The van der Waals surface area contributed by atoms with Gasteiger partial charge < -0.3 is 0 Å². The van der Waals surface area contributed by atoms with Crippen molar-refractivity contribution in [1.29, 1.82) is 0 Å². The Hall–Kier alpha value is -2.47. The van der Waals surface area contributed by atoms with Gasteiger partial charge in [0.25, 0.3) is 0 Å². The molecule has 2 aromatic rings. The van der Waals surface area contributed by atoms with Gasteiger partial charge in [0, 0.05) is 11.1 Å². The largest absolute Gasteiger partial charge is 0.416 e. The van der Waals surface area contributed by atoms with Gasteiger partial charge in [0.05, 0.1) is 5.56 Å². The molecule has 0 nitrogen and oxygen atoms in total. The molecule has 0 radical (unpaired) electrons. The summed E-state index contributed by atoms with van der Waals surface area (Å²) in [4.78, 5) is 0. The van der Waals surface area contributed by atoms with E-state index < -0.39 is 11.7 Å². The molecule has 0 saturated heterocycles. The van der Waals surface area contributed by atoms with Crippen LogP contribution in [0.25, 0.3) is 0 Å². The first-order valence-corrected chi connectivity index (χ1v) is 12.8. The monoisotopic (exact) mass is 464 g/mol. The molecule has 0 amide bonds. The van der Waals surface area contributed by atoms with Crippen molar-refractivity contribution in [3.05, 3.63) is 83.4 Å². The molecule has 3 heteroatoms. The highest BCUT2D eigenvalue weighted by Crippen LogP contribution is 2.44. The Bertz CT molecular complexity index is 972. The standard InChI is InChI=1S/C31H35F3/c1-2-3-4-23-7-13-26(14-8-23)28-17-19-29(20-18-28)27-15-9-24(10-16-27)5-6-25-11-21-30(22-12-25)31(32,33)34/h2,9-12,15-16,21-23,26,28-29H,1,3-4,7-8,13-14,17-20H2. The van der Waals surface area contributed by atoms with Crippen molar-refractivity contribution < 1.29 is 13.2 Å². The van der Waals surface area contributed by atoms with E-state index in [0.29, 0.717) is 11.5 Å². The maximum Gasteiger partial charge on any atom is 0.416 e. The van der Waals surface area contributed by atoms with E-state index in [1.165, 1.54) is 81.9 Å². The van der Waals surface area contributed by atoms with Crippen LogP contribution in [-0.4, -0.2) is 0 Å². The minimum absolute atomic E-state index is 0.588. The average molecular weight is 465 g/mol. The summed E-state index contributed by atoms with van der Waals surface area (Å²) in [7, 11) is 0. The van der Waals surface area contributed by atoms with Crippen LogP contribution in [-0.2, 0) is 6.18 Å². The molecule has 0 bridgehead atoms. The molecule has 0 atom stereocenters. The first-order valence-electron chi connectivity index (χ1n) is 12.8. The number of benzene rings is 2. The number of hydrogen-bond donors (Lipinski definition) is 0. The molecular weight excluding hydrogens is 429 g/mol. The third-order valence-electron chi connectivity index (χ3n) is 8.05. The van der Waals surface area contributed by atoms with E-state index in [1.807, 2.05) is 12.1 Å². The molecule has 0 unspecified atom stereocenters. The van der Waals surface area contributed by atoms with E-state index in [0.717, 1.165) is 35.4 Å². The van der Waals surface area contributed by atoms with E-state index in [9.17, 15) is 13.2 Å². The maximum atomic E-state index is 12.7. The van der Waals surface area contributed by atoms with Crippen LogP contribution in [0, 0.1) is 29.6 Å². The van der Waals surface area contributed by atoms with Crippen molar-refractivity contribution in [1.82, 2.24) is 0 Å². The summed E-state index contributed by atoms with van der Waals surface area (Å²) in [5.74, 6) is 9.45. The van der Waals surface area contributed by atoms with Crippen molar-refractivity contribution in [3.63, 3.8) is 0 Å². The zero-order valence-electron chi connectivity index (χ0n) is 19.9. The molecular formula is C31H35F3. The fraction of sp³-hybridized carbons (Fsp3) is 0.484. The fourth-order valence-electron chi connectivity index (χ4n) is 5.95. The minimum atomic E-state index is -4.31. The number of allylic oxidation sites excluding steroid dienone is 1. The Balaban J connectivity index is 1.26. The van der Waals surface area contributed by atoms with Gasteiger partial charge in [-0.15, -0.1) is 6.58 Å². The van der Waals surface area contributed by atoms with E-state index in [2.05, 4.69) is 36.6 Å². The van der Waals surface area contributed by atoms with Crippen molar-refractivity contribution in [2.24, 2.45) is 17.8 Å². The number of alkyl halides is 3. The molecule has 4 rings (SSSR count). The third kappa shape index (κ3) is 6.56. The molecule has 2 aliphatic rings. The lowest BCUT2D eigenvalue weighted by atomic mass is 9.68. The first kappa shape index (κ1) is 24.6. The Morgan fingerprint density at radius 3 is 1.74 bits per heavy atom. The smallest absolute Gasteiger partial charge is 0.166 e. The van der Waals surface area contributed by atoms with Crippen molar-refractivity contribution >= 4 is 0 Å². The number of halogens is 3. The van der Waals surface area contributed by atoms with Crippen molar-refractivity contribution in [2.75, 3.05) is 0 Å². The molecule has 0 spiro atoms. The maximum absolute atomic E-state index is 12.7. The zero-order chi connectivity index (χ0) is 24.0. The lowest BCUT2D eigenvalue weighted by molar-refractivity contribution is -0.137. The van der Waals surface area contributed by atoms with Crippen LogP contribution in [0.15, 0.2) is 61.2 Å². The Morgan fingerprint density at radius 1 is 0.735 bits per heavy atom. The van der Waals surface area contributed by atoms with Crippen LogP contribution in [0.2, 0.25) is 0 Å². The van der Waals surface area contributed by atoms with Gasteiger partial charge in [-0.3, -0.25) is 0 Å². The van der Waals surface area contributed by atoms with E-state index in [1.54, 1.807) is 0 Å². The number of rotatable bonds is 5. The fourth-order valence-corrected chi connectivity index (χ4v) is 5.95. The van der Waals surface area contributed by atoms with Crippen molar-refractivity contribution in [3.8, 4) is 11.8 Å². The third-order valence-corrected chi connectivity index (χ3v) is 8.05. The van der Waals surface area contributed by atoms with E-state index >= 15 is 0 Å². The summed E-state index contributed by atoms with van der Waals surface area (Å²) >= 11 is 0. The van der Waals surface area contributed by atoms with Crippen LogP contribution in [0.4, 0.5) is 13.2 Å². The number of hydrogen-bond acceptors (Lipinski definition) is 0. The predicted octanol–water partition coefficient (Wildman–Crippen LogP) is 9.15. The van der Waals surface area contributed by atoms with Crippen LogP contribution >= 0.6 is 0 Å². The molecule has 180 valence electrons. The summed E-state index contributed by atoms with van der Waals surface area (Å²) in [5.41, 5.74) is 2.23. The van der Waals surface area contributed by atoms with Crippen LogP contribution in [0.1, 0.15) is 92.4 Å². The van der Waals surface area contributed by atoms with E-state index in [-0.39, 0.29) is 0 Å². The van der Waals surface area contributed by atoms with Crippen LogP contribution in [0.5, 0.6) is 0 Å². The zero-order valence-corrected chi connectivity index (χ0v) is 19.9. The summed E-state index contributed by atoms with van der Waals surface area (Å²) in [6, 6.07) is 13.5. The van der Waals surface area contributed by atoms with Gasteiger partial charge in [0.15, 0.2) is 0 Å². The molecule has 0 aliphatic heterocycles. The summed E-state index contributed by atoms with van der Waals surface area (Å²) < 4.78 is 38.1. The van der Waals surface area contributed by atoms with Gasteiger partial charge in [0.1, 0.15) is 0 Å². The average Bonchev–Trinajstić information content (AvgIpc) is 2.87. The molecule has 2 saturated carbocycles. The predicted molar refractivity (Wildman–Crippen MR) is 133 cm³/mol. The lowest BCUT2D eigenvalue weighted by Gasteiger charge is -2.38. The van der Waals surface area contributed by atoms with Crippen molar-refractivity contribution in [2.45, 2.75) is 76.3 Å². The molecule has 2 aliphatic carbocycles. The highest BCUT2D eigenvalue weighted by molar-refractivity contribution is 5.44. The molecule has 2 aromatic carbocycles. The van der Waals surface area contributed by atoms with Gasteiger partial charge in [-0.2, -0.15) is 13.2 Å². The lowest BCUT2D eigenvalue weighted by Crippen LogP contribution is -2.25. The quantitative estimate of drug-likeness (QED) is 0.306. The van der Waals surface area contributed by atoms with Crippen LogP contribution < -0.4 is 0 Å². The Kier molecular flexibility index (Phi) is 8.19. The second kappa shape index (κ2) is 11.3. The van der Waals surface area contributed by atoms with Gasteiger partial charge in [-0.1, -0.05) is 42.9 Å². The first-order chi connectivity index (χ1) is 16.4. The van der Waals surface area contributed by atoms with Gasteiger partial charge in [-0.25, -0.2) is 0 Å². The Labute approximate surface area is 202 Å². The van der Waals surface area contributed by atoms with Gasteiger partial charge in [0.2, 0.25) is 0 Å². The summed E-state index contributed by atoms with van der Waals surface area (Å²) in [6.07, 6.45) is 11.2. The van der Waals surface area contributed by atoms with Crippen LogP contribution in [0.3, 0.4) is 0 Å². The molecule has 0 aromatic heterocycles. The van der Waals surface area contributed by atoms with Gasteiger partial charge >= 0.3 is 6.18 Å². The highest BCUT2D eigenvalue weighted by Gasteiger charge is 2.31. The molecule has 0 N–H and O–H groups in total. The Morgan fingerprint density at radius 2 is 1.24 bits per heavy atom. The second-order valence-corrected chi connectivity index (χ2v) is 10.2. The summed E-state index contributed by atoms with van der Waals surface area (Å²) in [5, 5.41) is 0. The molecule has 0 heterocycles. The van der Waals surface area contributed by atoms with E-state index in [4.69, 9.17) is 0 Å². The molecule has 2 fully saturated rings. The highest BCUT2D eigenvalue weighted by atomic mass is 19.4.